The maximum Gasteiger partial charge on any atom is 0.321 e. The van der Waals surface area contributed by atoms with Gasteiger partial charge in [0.05, 0.1) is 5.56 Å². The molecule has 0 saturated heterocycles. The van der Waals surface area contributed by atoms with E-state index in [1.165, 1.54) is 19.1 Å². The number of nitriles is 1. The number of carbonyl (C=O) groups is 2. The fourth-order valence-electron chi connectivity index (χ4n) is 1.34. The van der Waals surface area contributed by atoms with Gasteiger partial charge in [0, 0.05) is 12.6 Å². The van der Waals surface area contributed by atoms with Crippen molar-refractivity contribution in [2.75, 3.05) is 6.54 Å². The Hall–Kier alpha value is -2.62. The third kappa shape index (κ3) is 4.24. The molecular weight excluding hydrogens is 265 g/mol. The van der Waals surface area contributed by atoms with E-state index in [0.29, 0.717) is 6.54 Å². The average molecular weight is 279 g/mol. The molecule has 2 N–H and O–H groups in total. The molecule has 0 heterocycles. The van der Waals surface area contributed by atoms with Gasteiger partial charge in [-0.3, -0.25) is 10.1 Å². The number of carbonyl (C=O) groups excluding carboxylic acids is 2. The molecule has 1 aromatic carbocycles. The van der Waals surface area contributed by atoms with E-state index in [2.05, 4.69) is 10.6 Å². The van der Waals surface area contributed by atoms with Crippen molar-refractivity contribution in [2.45, 2.75) is 20.0 Å². The number of imide groups is 1. The van der Waals surface area contributed by atoms with Crippen molar-refractivity contribution in [1.82, 2.24) is 10.6 Å². The van der Waals surface area contributed by atoms with Crippen LogP contribution in [0.5, 0.6) is 5.75 Å². The molecule has 0 bridgehead atoms. The molecule has 0 saturated carbocycles. The quantitative estimate of drug-likeness (QED) is 0.869. The van der Waals surface area contributed by atoms with Gasteiger partial charge in [-0.25, -0.2) is 9.18 Å². The molecule has 1 atom stereocenters. The number of nitrogens with zero attached hydrogens (tertiary/aromatic N) is 1. The molecule has 3 amide bonds. The van der Waals surface area contributed by atoms with Crippen molar-refractivity contribution >= 4 is 11.9 Å². The molecule has 0 aliphatic carbocycles. The Morgan fingerprint density at radius 2 is 2.20 bits per heavy atom. The van der Waals surface area contributed by atoms with E-state index in [4.69, 9.17) is 10.00 Å². The lowest BCUT2D eigenvalue weighted by molar-refractivity contribution is -0.126. The fourth-order valence-corrected chi connectivity index (χ4v) is 1.34. The van der Waals surface area contributed by atoms with Crippen LogP contribution in [0.2, 0.25) is 0 Å². The van der Waals surface area contributed by atoms with Gasteiger partial charge in [0.15, 0.2) is 6.10 Å². The van der Waals surface area contributed by atoms with Crippen LogP contribution in [0.3, 0.4) is 0 Å². The lowest BCUT2D eigenvalue weighted by Gasteiger charge is -2.14. The molecule has 1 aromatic rings. The molecule has 0 aliphatic heterocycles. The molecule has 6 nitrogen and oxygen atoms in total. The predicted molar refractivity (Wildman–Crippen MR) is 68.4 cm³/mol. The standard InChI is InChI=1S/C13H14FN3O3/c1-3-16-13(19)17-12(18)8(2)20-10-5-4-9(7-15)11(14)6-10/h4-6,8H,3H2,1-2H3,(H2,16,17,18,19). The van der Waals surface area contributed by atoms with E-state index in [-0.39, 0.29) is 11.3 Å². The highest BCUT2D eigenvalue weighted by Crippen LogP contribution is 2.17. The molecule has 7 heteroatoms. The Kier molecular flexibility index (Phi) is 5.47. The zero-order valence-electron chi connectivity index (χ0n) is 11.1. The van der Waals surface area contributed by atoms with Crippen molar-refractivity contribution in [3.8, 4) is 11.8 Å². The number of hydrogen-bond acceptors (Lipinski definition) is 4. The van der Waals surface area contributed by atoms with Gasteiger partial charge in [-0.15, -0.1) is 0 Å². The maximum atomic E-state index is 13.3. The van der Waals surface area contributed by atoms with Crippen molar-refractivity contribution in [3.63, 3.8) is 0 Å². The number of amides is 3. The smallest absolute Gasteiger partial charge is 0.321 e. The largest absolute Gasteiger partial charge is 0.481 e. The number of ether oxygens (including phenoxy) is 1. The second kappa shape index (κ2) is 7.09. The Morgan fingerprint density at radius 1 is 1.50 bits per heavy atom. The molecule has 20 heavy (non-hydrogen) atoms. The van der Waals surface area contributed by atoms with Gasteiger partial charge >= 0.3 is 6.03 Å². The van der Waals surface area contributed by atoms with Gasteiger partial charge in [-0.2, -0.15) is 5.26 Å². The molecule has 0 aliphatic rings. The molecule has 1 rings (SSSR count). The molecule has 0 spiro atoms. The number of rotatable bonds is 4. The van der Waals surface area contributed by atoms with Gasteiger partial charge in [-0.05, 0) is 26.0 Å². The van der Waals surface area contributed by atoms with Crippen LogP contribution in [0.15, 0.2) is 18.2 Å². The third-order valence-corrected chi connectivity index (χ3v) is 2.32. The lowest BCUT2D eigenvalue weighted by atomic mass is 10.2. The van der Waals surface area contributed by atoms with E-state index in [0.717, 1.165) is 6.07 Å². The normalized spacial score (nSPS) is 11.1. The second-order valence-corrected chi connectivity index (χ2v) is 3.86. The highest BCUT2D eigenvalue weighted by Gasteiger charge is 2.17. The van der Waals surface area contributed by atoms with Crippen LogP contribution in [0.4, 0.5) is 9.18 Å². The van der Waals surface area contributed by atoms with Crippen LogP contribution in [-0.4, -0.2) is 24.6 Å². The first-order valence-corrected chi connectivity index (χ1v) is 5.93. The monoisotopic (exact) mass is 279 g/mol. The summed E-state index contributed by atoms with van der Waals surface area (Å²) in [5.74, 6) is -1.29. The Morgan fingerprint density at radius 3 is 2.75 bits per heavy atom. The minimum Gasteiger partial charge on any atom is -0.481 e. The Labute approximate surface area is 115 Å². The van der Waals surface area contributed by atoms with Crippen molar-refractivity contribution < 1.29 is 18.7 Å². The summed E-state index contributed by atoms with van der Waals surface area (Å²) in [7, 11) is 0. The van der Waals surface area contributed by atoms with Crippen molar-refractivity contribution in [3.05, 3.63) is 29.6 Å². The van der Waals surface area contributed by atoms with Crippen LogP contribution in [0.25, 0.3) is 0 Å². The van der Waals surface area contributed by atoms with Crippen LogP contribution in [-0.2, 0) is 4.79 Å². The number of hydrogen-bond donors (Lipinski definition) is 2. The van der Waals surface area contributed by atoms with Crippen molar-refractivity contribution in [2.24, 2.45) is 0 Å². The summed E-state index contributed by atoms with van der Waals surface area (Å²) >= 11 is 0. The van der Waals surface area contributed by atoms with Gasteiger partial charge in [0.2, 0.25) is 0 Å². The molecule has 0 aromatic heterocycles. The predicted octanol–water partition coefficient (Wildman–Crippen LogP) is 1.31. The second-order valence-electron chi connectivity index (χ2n) is 3.86. The van der Waals surface area contributed by atoms with Gasteiger partial charge in [0.25, 0.3) is 5.91 Å². The summed E-state index contributed by atoms with van der Waals surface area (Å²) in [6.45, 7) is 3.52. The van der Waals surface area contributed by atoms with E-state index in [9.17, 15) is 14.0 Å². The fraction of sp³-hybridized carbons (Fsp3) is 0.308. The van der Waals surface area contributed by atoms with E-state index in [1.54, 1.807) is 13.0 Å². The zero-order valence-corrected chi connectivity index (χ0v) is 11.1. The summed E-state index contributed by atoms with van der Waals surface area (Å²) < 4.78 is 18.5. The minimum absolute atomic E-state index is 0.0973. The SMILES string of the molecule is CCNC(=O)NC(=O)C(C)Oc1ccc(C#N)c(F)c1. The first kappa shape index (κ1) is 15.4. The third-order valence-electron chi connectivity index (χ3n) is 2.32. The highest BCUT2D eigenvalue weighted by molar-refractivity contribution is 5.96. The maximum absolute atomic E-state index is 13.3. The average Bonchev–Trinajstić information content (AvgIpc) is 2.39. The van der Waals surface area contributed by atoms with Crippen LogP contribution in [0, 0.1) is 17.1 Å². The van der Waals surface area contributed by atoms with Crippen LogP contribution >= 0.6 is 0 Å². The van der Waals surface area contributed by atoms with Gasteiger partial charge < -0.3 is 10.1 Å². The summed E-state index contributed by atoms with van der Waals surface area (Å²) in [5, 5.41) is 13.1. The van der Waals surface area contributed by atoms with Gasteiger partial charge in [0.1, 0.15) is 17.6 Å². The van der Waals surface area contributed by atoms with E-state index >= 15 is 0 Å². The lowest BCUT2D eigenvalue weighted by Crippen LogP contribution is -2.45. The summed E-state index contributed by atoms with van der Waals surface area (Å²) in [5.41, 5.74) is -0.114. The highest BCUT2D eigenvalue weighted by atomic mass is 19.1. The minimum atomic E-state index is -0.982. The number of urea groups is 1. The molecule has 0 fully saturated rings. The van der Waals surface area contributed by atoms with Crippen LogP contribution in [0.1, 0.15) is 19.4 Å². The molecule has 0 radical (unpaired) electrons. The first-order valence-electron chi connectivity index (χ1n) is 5.93. The topological polar surface area (TPSA) is 91.2 Å². The number of halogens is 1. The summed E-state index contributed by atoms with van der Waals surface area (Å²) in [6, 6.07) is 4.68. The van der Waals surface area contributed by atoms with Gasteiger partial charge in [-0.1, -0.05) is 0 Å². The van der Waals surface area contributed by atoms with E-state index in [1.807, 2.05) is 0 Å². The zero-order chi connectivity index (χ0) is 15.1. The molecule has 106 valence electrons. The Balaban J connectivity index is 2.64. The summed E-state index contributed by atoms with van der Waals surface area (Å²) in [4.78, 5) is 22.8. The number of nitrogens with one attached hydrogen (secondary N) is 2. The van der Waals surface area contributed by atoms with Crippen molar-refractivity contribution in [1.29, 1.82) is 5.26 Å². The molecule has 1 unspecified atom stereocenters. The van der Waals surface area contributed by atoms with Crippen LogP contribution < -0.4 is 15.4 Å². The first-order chi connectivity index (χ1) is 9.47. The Bertz CT molecular complexity index is 554. The number of benzene rings is 1. The van der Waals surface area contributed by atoms with E-state index < -0.39 is 23.9 Å². The molecular formula is C13H14FN3O3. The summed E-state index contributed by atoms with van der Waals surface area (Å²) in [6.07, 6.45) is -0.982.